The van der Waals surface area contributed by atoms with Crippen molar-refractivity contribution in [3.05, 3.63) is 65.2 Å². The lowest BCUT2D eigenvalue weighted by atomic mass is 10.1. The largest absolute Gasteiger partial charge is 0.461 e. The van der Waals surface area contributed by atoms with E-state index < -0.39 is 6.29 Å². The lowest BCUT2D eigenvalue weighted by molar-refractivity contribution is -0.0194. The van der Waals surface area contributed by atoms with Gasteiger partial charge in [-0.3, -0.25) is 0 Å². The Morgan fingerprint density at radius 1 is 1.06 bits per heavy atom. The van der Waals surface area contributed by atoms with Crippen molar-refractivity contribution in [2.24, 2.45) is 0 Å². The summed E-state index contributed by atoms with van der Waals surface area (Å²) in [6.07, 6.45) is -1.00. The van der Waals surface area contributed by atoms with E-state index in [1.165, 1.54) is 0 Å². The Morgan fingerprint density at radius 2 is 1.67 bits per heavy atom. The number of nitriles is 1. The van der Waals surface area contributed by atoms with Gasteiger partial charge in [0, 0.05) is 5.56 Å². The van der Waals surface area contributed by atoms with Crippen molar-refractivity contribution in [3.8, 4) is 11.8 Å². The van der Waals surface area contributed by atoms with Crippen LogP contribution in [0.4, 0.5) is 0 Å². The van der Waals surface area contributed by atoms with Crippen LogP contribution in [0.15, 0.2) is 48.5 Å². The van der Waals surface area contributed by atoms with E-state index in [1.807, 2.05) is 37.3 Å². The molecule has 0 saturated heterocycles. The van der Waals surface area contributed by atoms with Crippen LogP contribution in [0.2, 0.25) is 0 Å². The first kappa shape index (κ1) is 12.2. The fourth-order valence-electron chi connectivity index (χ4n) is 1.54. The van der Waals surface area contributed by atoms with Crippen LogP contribution >= 0.6 is 0 Å². The maximum atomic E-state index is 9.90. The topological polar surface area (TPSA) is 53.2 Å². The third-order valence-corrected chi connectivity index (χ3v) is 2.59. The molecule has 2 rings (SSSR count). The normalized spacial score (nSPS) is 11.6. The first-order valence-electron chi connectivity index (χ1n) is 5.60. The Kier molecular flexibility index (Phi) is 3.61. The zero-order valence-electron chi connectivity index (χ0n) is 10.00. The average molecular weight is 239 g/mol. The van der Waals surface area contributed by atoms with Crippen LogP contribution in [-0.2, 0) is 0 Å². The molecule has 0 spiro atoms. The molecule has 0 fully saturated rings. The standard InChI is InChI=1S/C15H13NO2/c1-11-2-6-13(7-3-11)15(17)18-14-8-4-12(10-16)5-9-14/h2-9,15,17H,1H3. The molecule has 18 heavy (non-hydrogen) atoms. The minimum absolute atomic E-state index is 0.530. The number of hydrogen-bond donors (Lipinski definition) is 1. The van der Waals surface area contributed by atoms with Crippen molar-refractivity contribution < 1.29 is 9.84 Å². The maximum Gasteiger partial charge on any atom is 0.224 e. The molecule has 1 unspecified atom stereocenters. The predicted octanol–water partition coefficient (Wildman–Crippen LogP) is 2.94. The highest BCUT2D eigenvalue weighted by atomic mass is 16.6. The second-order valence-electron chi connectivity index (χ2n) is 4.02. The van der Waals surface area contributed by atoms with Crippen molar-refractivity contribution >= 4 is 0 Å². The third-order valence-electron chi connectivity index (χ3n) is 2.59. The van der Waals surface area contributed by atoms with Crippen LogP contribution in [0.3, 0.4) is 0 Å². The summed E-state index contributed by atoms with van der Waals surface area (Å²) in [6.45, 7) is 1.98. The first-order chi connectivity index (χ1) is 8.69. The molecule has 1 N–H and O–H groups in total. The number of nitrogens with zero attached hydrogens (tertiary/aromatic N) is 1. The number of aliphatic hydroxyl groups excluding tert-OH is 1. The molecule has 0 aliphatic rings. The molecular formula is C15H13NO2. The van der Waals surface area contributed by atoms with Crippen LogP contribution in [0.5, 0.6) is 5.75 Å². The van der Waals surface area contributed by atoms with Gasteiger partial charge in [-0.15, -0.1) is 0 Å². The summed E-state index contributed by atoms with van der Waals surface area (Å²) in [5.74, 6) is 0.530. The van der Waals surface area contributed by atoms with E-state index in [1.54, 1.807) is 24.3 Å². The SMILES string of the molecule is Cc1ccc(C(O)Oc2ccc(C#N)cc2)cc1. The molecule has 0 radical (unpaired) electrons. The molecule has 0 bridgehead atoms. The molecule has 0 aromatic heterocycles. The Morgan fingerprint density at radius 3 is 2.22 bits per heavy atom. The summed E-state index contributed by atoms with van der Waals surface area (Å²) < 4.78 is 5.39. The van der Waals surface area contributed by atoms with E-state index in [0.29, 0.717) is 16.9 Å². The minimum Gasteiger partial charge on any atom is -0.461 e. The van der Waals surface area contributed by atoms with Crippen molar-refractivity contribution in [1.29, 1.82) is 5.26 Å². The summed E-state index contributed by atoms with van der Waals surface area (Å²) in [5.41, 5.74) is 2.39. The van der Waals surface area contributed by atoms with Gasteiger partial charge in [-0.1, -0.05) is 29.8 Å². The Labute approximate surface area is 106 Å². The number of hydrogen-bond acceptors (Lipinski definition) is 3. The molecular weight excluding hydrogens is 226 g/mol. The summed E-state index contributed by atoms with van der Waals surface area (Å²) in [6, 6.07) is 16.1. The van der Waals surface area contributed by atoms with Crippen molar-refractivity contribution in [1.82, 2.24) is 0 Å². The molecule has 3 heteroatoms. The molecule has 90 valence electrons. The van der Waals surface area contributed by atoms with E-state index >= 15 is 0 Å². The quantitative estimate of drug-likeness (QED) is 0.838. The first-order valence-corrected chi connectivity index (χ1v) is 5.60. The van der Waals surface area contributed by atoms with Gasteiger partial charge < -0.3 is 9.84 Å². The van der Waals surface area contributed by atoms with Crippen LogP contribution in [0.25, 0.3) is 0 Å². The highest BCUT2D eigenvalue weighted by Gasteiger charge is 2.08. The maximum absolute atomic E-state index is 9.90. The summed E-state index contributed by atoms with van der Waals surface area (Å²) >= 11 is 0. The lowest BCUT2D eigenvalue weighted by Gasteiger charge is -2.13. The van der Waals surface area contributed by atoms with Crippen LogP contribution in [-0.4, -0.2) is 5.11 Å². The molecule has 1 atom stereocenters. The zero-order valence-corrected chi connectivity index (χ0v) is 10.00. The van der Waals surface area contributed by atoms with Crippen molar-refractivity contribution in [2.45, 2.75) is 13.2 Å². The van der Waals surface area contributed by atoms with Crippen molar-refractivity contribution in [3.63, 3.8) is 0 Å². The van der Waals surface area contributed by atoms with Gasteiger partial charge >= 0.3 is 0 Å². The highest BCUT2D eigenvalue weighted by Crippen LogP contribution is 2.20. The van der Waals surface area contributed by atoms with Gasteiger partial charge in [0.25, 0.3) is 0 Å². The minimum atomic E-state index is -1.00. The number of rotatable bonds is 3. The number of benzene rings is 2. The van der Waals surface area contributed by atoms with Gasteiger partial charge in [-0.2, -0.15) is 5.26 Å². The van der Waals surface area contributed by atoms with Gasteiger partial charge in [0.1, 0.15) is 5.75 Å². The average Bonchev–Trinajstić information content (AvgIpc) is 2.40. The van der Waals surface area contributed by atoms with Crippen LogP contribution in [0.1, 0.15) is 23.0 Å². The Bertz CT molecular complexity index is 553. The van der Waals surface area contributed by atoms with Crippen LogP contribution in [0, 0.1) is 18.3 Å². The van der Waals surface area contributed by atoms with Crippen molar-refractivity contribution in [2.75, 3.05) is 0 Å². The molecule has 2 aromatic carbocycles. The van der Waals surface area contributed by atoms with E-state index in [-0.39, 0.29) is 0 Å². The molecule has 0 aliphatic heterocycles. The van der Waals surface area contributed by atoms with E-state index in [4.69, 9.17) is 10.00 Å². The second-order valence-corrected chi connectivity index (χ2v) is 4.02. The predicted molar refractivity (Wildman–Crippen MR) is 67.9 cm³/mol. The zero-order chi connectivity index (χ0) is 13.0. The fourth-order valence-corrected chi connectivity index (χ4v) is 1.54. The van der Waals surface area contributed by atoms with Crippen LogP contribution < -0.4 is 4.74 Å². The van der Waals surface area contributed by atoms with E-state index in [2.05, 4.69) is 0 Å². The molecule has 0 aliphatic carbocycles. The Balaban J connectivity index is 2.08. The number of aliphatic hydroxyl groups is 1. The van der Waals surface area contributed by atoms with E-state index in [9.17, 15) is 5.11 Å². The monoisotopic (exact) mass is 239 g/mol. The smallest absolute Gasteiger partial charge is 0.224 e. The van der Waals surface area contributed by atoms with Gasteiger partial charge in [0.2, 0.25) is 6.29 Å². The molecule has 3 nitrogen and oxygen atoms in total. The highest BCUT2D eigenvalue weighted by molar-refractivity contribution is 5.35. The fraction of sp³-hybridized carbons (Fsp3) is 0.133. The van der Waals surface area contributed by atoms with Gasteiger partial charge in [-0.25, -0.2) is 0 Å². The molecule has 0 saturated carbocycles. The van der Waals surface area contributed by atoms with Gasteiger partial charge in [0.15, 0.2) is 0 Å². The Hall–Kier alpha value is -2.31. The summed E-state index contributed by atoms with van der Waals surface area (Å²) in [7, 11) is 0. The summed E-state index contributed by atoms with van der Waals surface area (Å²) in [5, 5.41) is 18.6. The lowest BCUT2D eigenvalue weighted by Crippen LogP contribution is -2.06. The summed E-state index contributed by atoms with van der Waals surface area (Å²) in [4.78, 5) is 0. The van der Waals surface area contributed by atoms with Gasteiger partial charge in [0.05, 0.1) is 11.6 Å². The second kappa shape index (κ2) is 5.35. The molecule has 0 amide bonds. The molecule has 0 heterocycles. The number of ether oxygens (including phenoxy) is 1. The van der Waals surface area contributed by atoms with E-state index in [0.717, 1.165) is 5.56 Å². The number of aryl methyl sites for hydroxylation is 1. The molecule has 2 aromatic rings. The third kappa shape index (κ3) is 2.88. The van der Waals surface area contributed by atoms with Gasteiger partial charge in [-0.05, 0) is 31.2 Å².